The van der Waals surface area contributed by atoms with Crippen molar-refractivity contribution in [2.24, 2.45) is 5.92 Å². The summed E-state index contributed by atoms with van der Waals surface area (Å²) in [4.78, 5) is 35.3. The van der Waals surface area contributed by atoms with Crippen LogP contribution in [0.3, 0.4) is 0 Å². The fourth-order valence-electron chi connectivity index (χ4n) is 4.57. The van der Waals surface area contributed by atoms with E-state index in [9.17, 15) is 9.59 Å². The van der Waals surface area contributed by atoms with Gasteiger partial charge in [0.25, 0.3) is 5.56 Å². The number of H-pyrrole nitrogens is 1. The van der Waals surface area contributed by atoms with Crippen LogP contribution >= 0.6 is 45.2 Å². The lowest BCUT2D eigenvalue weighted by molar-refractivity contribution is -0.126. The number of hydrogen-bond donors (Lipinski definition) is 2. The molecule has 1 aliphatic heterocycles. The molecule has 6 nitrogen and oxygen atoms in total. The fourth-order valence-corrected chi connectivity index (χ4v) is 6.54. The number of nitrogens with one attached hydrogen (secondary N) is 2. The van der Waals surface area contributed by atoms with E-state index in [4.69, 9.17) is 4.98 Å². The molecular formula is C24H22I2N4O2. The summed E-state index contributed by atoms with van der Waals surface area (Å²) >= 11 is 4.46. The molecule has 5 rings (SSSR count). The molecule has 164 valence electrons. The zero-order valence-corrected chi connectivity index (χ0v) is 22.0. The topological polar surface area (TPSA) is 79.8 Å². The number of rotatable bonds is 4. The molecule has 2 atom stereocenters. The molecule has 0 saturated carbocycles. The van der Waals surface area contributed by atoms with Gasteiger partial charge in [0.1, 0.15) is 11.9 Å². The number of aromatic amines is 1. The first-order valence-corrected chi connectivity index (χ1v) is 12.8. The third-order valence-electron chi connectivity index (χ3n) is 5.99. The van der Waals surface area contributed by atoms with E-state index in [1.165, 1.54) is 0 Å². The summed E-state index contributed by atoms with van der Waals surface area (Å²) < 4.78 is 3.58. The van der Waals surface area contributed by atoms with Crippen molar-refractivity contribution in [3.05, 3.63) is 71.5 Å². The summed E-state index contributed by atoms with van der Waals surface area (Å²) in [6, 6.07) is 11.0. The molecule has 2 N–H and O–H groups in total. The Bertz CT molecular complexity index is 1420. The zero-order valence-electron chi connectivity index (χ0n) is 17.7. The Morgan fingerprint density at radius 3 is 2.69 bits per heavy atom. The molecule has 1 amide bonds. The number of halogens is 2. The maximum Gasteiger partial charge on any atom is 0.262 e. The molecule has 3 heterocycles. The third-order valence-corrected chi connectivity index (χ3v) is 7.43. The van der Waals surface area contributed by atoms with Gasteiger partial charge in [0.2, 0.25) is 5.91 Å². The van der Waals surface area contributed by atoms with Crippen molar-refractivity contribution in [2.75, 3.05) is 0 Å². The second-order valence-corrected chi connectivity index (χ2v) is 11.1. The Kier molecular flexibility index (Phi) is 5.77. The van der Waals surface area contributed by atoms with Gasteiger partial charge in [0.15, 0.2) is 0 Å². The van der Waals surface area contributed by atoms with Crippen LogP contribution in [0.5, 0.6) is 0 Å². The quantitative estimate of drug-likeness (QED) is 0.302. The Morgan fingerprint density at radius 1 is 1.12 bits per heavy atom. The minimum absolute atomic E-state index is 0.128. The van der Waals surface area contributed by atoms with E-state index < -0.39 is 6.04 Å². The van der Waals surface area contributed by atoms with Gasteiger partial charge in [-0.05, 0) is 81.3 Å². The molecule has 0 saturated heterocycles. The van der Waals surface area contributed by atoms with Gasteiger partial charge in [-0.25, -0.2) is 4.98 Å². The van der Waals surface area contributed by atoms with Crippen LogP contribution in [0, 0.1) is 13.1 Å². The highest BCUT2D eigenvalue weighted by Gasteiger charge is 2.36. The molecule has 2 aromatic heterocycles. The van der Waals surface area contributed by atoms with E-state index in [0.29, 0.717) is 29.1 Å². The monoisotopic (exact) mass is 652 g/mol. The first kappa shape index (κ1) is 21.9. The van der Waals surface area contributed by atoms with Crippen LogP contribution in [0.2, 0.25) is 0 Å². The minimum atomic E-state index is -0.646. The Labute approximate surface area is 212 Å². The molecule has 4 aromatic rings. The van der Waals surface area contributed by atoms with Crippen LogP contribution in [-0.2, 0) is 11.2 Å². The molecule has 32 heavy (non-hydrogen) atoms. The van der Waals surface area contributed by atoms with Gasteiger partial charge in [0.05, 0.1) is 16.9 Å². The summed E-state index contributed by atoms with van der Waals surface area (Å²) in [6.45, 7) is 4.22. The number of carbonyl (C=O) groups excluding carboxylic acids is 1. The van der Waals surface area contributed by atoms with Crippen LogP contribution in [0.25, 0.3) is 21.8 Å². The van der Waals surface area contributed by atoms with Crippen molar-refractivity contribution in [1.82, 2.24) is 19.9 Å². The number of hydrogen-bond acceptors (Lipinski definition) is 3. The average Bonchev–Trinajstić information content (AvgIpc) is 3.14. The van der Waals surface area contributed by atoms with E-state index >= 15 is 0 Å². The summed E-state index contributed by atoms with van der Waals surface area (Å²) in [5.74, 6) is 0.874. The van der Waals surface area contributed by atoms with Gasteiger partial charge >= 0.3 is 0 Å². The second-order valence-electron chi connectivity index (χ2n) is 8.70. The smallest absolute Gasteiger partial charge is 0.262 e. The van der Waals surface area contributed by atoms with Crippen molar-refractivity contribution in [3.63, 3.8) is 0 Å². The molecular weight excluding hydrogens is 630 g/mol. The molecule has 1 aliphatic rings. The van der Waals surface area contributed by atoms with Crippen molar-refractivity contribution in [2.45, 2.75) is 38.8 Å². The van der Waals surface area contributed by atoms with Crippen LogP contribution in [0.1, 0.15) is 43.7 Å². The van der Waals surface area contributed by atoms with Crippen LogP contribution in [-0.4, -0.2) is 20.4 Å². The number of amides is 1. The predicted molar refractivity (Wildman–Crippen MR) is 143 cm³/mol. The predicted octanol–water partition coefficient (Wildman–Crippen LogP) is 5.09. The first-order valence-electron chi connectivity index (χ1n) is 10.6. The summed E-state index contributed by atoms with van der Waals surface area (Å²) in [6.07, 6.45) is 3.08. The highest BCUT2D eigenvalue weighted by molar-refractivity contribution is 14.1. The maximum absolute atomic E-state index is 13.8. The number of nitrogens with zero attached hydrogens (tertiary/aromatic N) is 2. The van der Waals surface area contributed by atoms with Crippen molar-refractivity contribution in [3.8, 4) is 0 Å². The molecule has 2 aromatic carbocycles. The number of para-hydroxylation sites is 1. The molecule has 0 bridgehead atoms. The van der Waals surface area contributed by atoms with Gasteiger partial charge in [0, 0.05) is 30.7 Å². The van der Waals surface area contributed by atoms with E-state index in [2.05, 4.69) is 69.3 Å². The lowest BCUT2D eigenvalue weighted by Gasteiger charge is -2.33. The fraction of sp³-hybridized carbons (Fsp3) is 0.292. The number of aromatic nitrogens is 3. The highest BCUT2D eigenvalue weighted by Crippen LogP contribution is 2.32. The summed E-state index contributed by atoms with van der Waals surface area (Å²) in [5, 5.41) is 4.79. The SMILES string of the molecule is CC(C)C[C@@H]1NC(=O)[C@@H](Cc2c[nH]c3ccccc23)n2c1nc1c(I)cc(I)cc1c2=O. The zero-order chi connectivity index (χ0) is 22.6. The second kappa shape index (κ2) is 8.44. The van der Waals surface area contributed by atoms with Crippen LogP contribution < -0.4 is 10.9 Å². The maximum atomic E-state index is 13.8. The third kappa shape index (κ3) is 3.74. The lowest BCUT2D eigenvalue weighted by atomic mass is 9.96. The van der Waals surface area contributed by atoms with Gasteiger partial charge in [-0.2, -0.15) is 0 Å². The molecule has 8 heteroatoms. The van der Waals surface area contributed by atoms with Crippen molar-refractivity contribution in [1.29, 1.82) is 0 Å². The Morgan fingerprint density at radius 2 is 1.91 bits per heavy atom. The molecule has 0 fully saturated rings. The highest BCUT2D eigenvalue weighted by atomic mass is 127. The largest absolute Gasteiger partial charge is 0.361 e. The Hall–Kier alpha value is -1.95. The molecule has 0 spiro atoms. The first-order chi connectivity index (χ1) is 15.3. The number of fused-ring (bicyclic) bond motifs is 3. The molecule has 0 unspecified atom stereocenters. The molecule has 0 radical (unpaired) electrons. The van der Waals surface area contributed by atoms with Crippen LogP contribution in [0.4, 0.5) is 0 Å². The van der Waals surface area contributed by atoms with Gasteiger partial charge in [-0.15, -0.1) is 0 Å². The lowest BCUT2D eigenvalue weighted by Crippen LogP contribution is -2.48. The van der Waals surface area contributed by atoms with E-state index in [1.54, 1.807) is 4.57 Å². The van der Waals surface area contributed by atoms with E-state index in [0.717, 1.165) is 30.0 Å². The van der Waals surface area contributed by atoms with E-state index in [-0.39, 0.29) is 17.5 Å². The number of carbonyl (C=O) groups is 1. The minimum Gasteiger partial charge on any atom is -0.361 e. The van der Waals surface area contributed by atoms with Crippen molar-refractivity contribution < 1.29 is 4.79 Å². The normalized spacial score (nSPS) is 18.3. The van der Waals surface area contributed by atoms with Crippen molar-refractivity contribution >= 4 is 72.9 Å². The van der Waals surface area contributed by atoms with Crippen LogP contribution in [0.15, 0.2) is 47.4 Å². The summed E-state index contributed by atoms with van der Waals surface area (Å²) in [7, 11) is 0. The molecule has 0 aliphatic carbocycles. The van der Waals surface area contributed by atoms with Gasteiger partial charge < -0.3 is 10.3 Å². The van der Waals surface area contributed by atoms with E-state index in [1.807, 2.05) is 42.6 Å². The van der Waals surface area contributed by atoms with Gasteiger partial charge in [-0.1, -0.05) is 32.0 Å². The van der Waals surface area contributed by atoms with Gasteiger partial charge in [-0.3, -0.25) is 14.2 Å². The standard InChI is InChI=1S/C24H22I2N4O2/c1-12(2)7-19-22-29-21-16(9-14(25)10-17(21)26)24(32)30(22)20(23(31)28-19)8-13-11-27-18-6-4-3-5-15(13)18/h3-6,9-12,19-20,27H,7-8H2,1-2H3,(H,28,31)/t19-,20+/m0/s1. The summed E-state index contributed by atoms with van der Waals surface area (Å²) in [5.41, 5.74) is 2.59. The Balaban J connectivity index is 1.72. The average molecular weight is 652 g/mol. The number of benzene rings is 2.